The standard InChI is InChI=1S/C22H29N3O6/c1-3-4-20(27)24(10-9-23-11-13-30-14-12-23)19-15-21(28)25(22(19)29)17-5-7-18(8-6-17)31-16(2)26/h5-8,19H,3-4,9-15H2,1-2H3. The third-order valence-corrected chi connectivity index (χ3v) is 5.40. The van der Waals surface area contributed by atoms with Gasteiger partial charge >= 0.3 is 5.97 Å². The Morgan fingerprint density at radius 3 is 2.45 bits per heavy atom. The molecule has 3 amide bonds. The van der Waals surface area contributed by atoms with Crippen LogP contribution in [0.1, 0.15) is 33.1 Å². The molecule has 0 bridgehead atoms. The van der Waals surface area contributed by atoms with Crippen LogP contribution in [-0.4, -0.2) is 78.9 Å². The van der Waals surface area contributed by atoms with E-state index >= 15 is 0 Å². The first kappa shape index (κ1) is 22.9. The molecular formula is C22H29N3O6. The molecule has 1 aromatic rings. The summed E-state index contributed by atoms with van der Waals surface area (Å²) < 4.78 is 10.4. The van der Waals surface area contributed by atoms with E-state index in [0.717, 1.165) is 18.0 Å². The average molecular weight is 431 g/mol. The number of carbonyl (C=O) groups excluding carboxylic acids is 4. The zero-order valence-electron chi connectivity index (χ0n) is 18.0. The zero-order chi connectivity index (χ0) is 22.4. The molecule has 2 fully saturated rings. The Morgan fingerprint density at radius 1 is 1.16 bits per heavy atom. The Kier molecular flexibility index (Phi) is 7.75. The summed E-state index contributed by atoms with van der Waals surface area (Å²) in [5.74, 6) is -0.995. The molecule has 0 N–H and O–H groups in total. The first-order chi connectivity index (χ1) is 14.9. The third kappa shape index (κ3) is 5.68. The molecule has 3 rings (SSSR count). The Hall–Kier alpha value is -2.78. The first-order valence-electron chi connectivity index (χ1n) is 10.7. The smallest absolute Gasteiger partial charge is 0.308 e. The molecule has 0 radical (unpaired) electrons. The summed E-state index contributed by atoms with van der Waals surface area (Å²) in [6, 6.07) is 5.37. The van der Waals surface area contributed by atoms with Crippen molar-refractivity contribution >= 4 is 29.4 Å². The lowest BCUT2D eigenvalue weighted by molar-refractivity contribution is -0.138. The average Bonchev–Trinajstić information content (AvgIpc) is 3.03. The van der Waals surface area contributed by atoms with Crippen molar-refractivity contribution in [1.29, 1.82) is 0 Å². The third-order valence-electron chi connectivity index (χ3n) is 5.40. The van der Waals surface area contributed by atoms with E-state index in [9.17, 15) is 19.2 Å². The van der Waals surface area contributed by atoms with Gasteiger partial charge in [-0.3, -0.25) is 24.1 Å². The second-order valence-corrected chi connectivity index (χ2v) is 7.67. The number of morpholine rings is 1. The maximum Gasteiger partial charge on any atom is 0.308 e. The fourth-order valence-corrected chi connectivity index (χ4v) is 3.85. The SMILES string of the molecule is CCCC(=O)N(CCN1CCOCC1)C1CC(=O)N(c2ccc(OC(C)=O)cc2)C1=O. The summed E-state index contributed by atoms with van der Waals surface area (Å²) in [7, 11) is 0. The molecule has 0 saturated carbocycles. The van der Waals surface area contributed by atoms with Crippen molar-refractivity contribution in [1.82, 2.24) is 9.80 Å². The van der Waals surface area contributed by atoms with Crippen LogP contribution in [0.25, 0.3) is 0 Å². The lowest BCUT2D eigenvalue weighted by atomic mass is 10.1. The highest BCUT2D eigenvalue weighted by atomic mass is 16.5. The fourth-order valence-electron chi connectivity index (χ4n) is 3.85. The molecule has 1 aromatic carbocycles. The number of anilines is 1. The van der Waals surface area contributed by atoms with Gasteiger partial charge in [-0.2, -0.15) is 0 Å². The van der Waals surface area contributed by atoms with Gasteiger partial charge in [-0.05, 0) is 30.7 Å². The molecule has 168 valence electrons. The van der Waals surface area contributed by atoms with Gasteiger partial charge in [0.05, 0.1) is 25.3 Å². The summed E-state index contributed by atoms with van der Waals surface area (Å²) >= 11 is 0. The zero-order valence-corrected chi connectivity index (χ0v) is 18.0. The van der Waals surface area contributed by atoms with Crippen LogP contribution < -0.4 is 9.64 Å². The lowest BCUT2D eigenvalue weighted by Crippen LogP contribution is -2.49. The molecule has 1 unspecified atom stereocenters. The van der Waals surface area contributed by atoms with Crippen LogP contribution in [0, 0.1) is 0 Å². The van der Waals surface area contributed by atoms with Crippen molar-refractivity contribution in [3.63, 3.8) is 0 Å². The highest BCUT2D eigenvalue weighted by molar-refractivity contribution is 6.23. The second kappa shape index (κ2) is 10.5. The van der Waals surface area contributed by atoms with E-state index < -0.39 is 17.9 Å². The van der Waals surface area contributed by atoms with Crippen molar-refractivity contribution in [2.24, 2.45) is 0 Å². The van der Waals surface area contributed by atoms with Gasteiger partial charge in [0.15, 0.2) is 0 Å². The van der Waals surface area contributed by atoms with Crippen LogP contribution in [0.2, 0.25) is 0 Å². The topological polar surface area (TPSA) is 96.5 Å². The van der Waals surface area contributed by atoms with E-state index in [1.165, 1.54) is 19.1 Å². The summed E-state index contributed by atoms with van der Waals surface area (Å²) in [4.78, 5) is 54.6. The minimum atomic E-state index is -0.805. The van der Waals surface area contributed by atoms with Gasteiger partial charge in [0.25, 0.3) is 5.91 Å². The minimum Gasteiger partial charge on any atom is -0.427 e. The number of esters is 1. The number of hydrogen-bond acceptors (Lipinski definition) is 7. The van der Waals surface area contributed by atoms with E-state index in [1.54, 1.807) is 17.0 Å². The molecule has 0 aromatic heterocycles. The Balaban J connectivity index is 1.73. The number of benzene rings is 1. The van der Waals surface area contributed by atoms with E-state index in [4.69, 9.17) is 9.47 Å². The molecule has 0 spiro atoms. The summed E-state index contributed by atoms with van der Waals surface area (Å²) in [6.07, 6.45) is 0.963. The summed E-state index contributed by atoms with van der Waals surface area (Å²) in [6.45, 7) is 7.11. The van der Waals surface area contributed by atoms with Crippen molar-refractivity contribution in [2.45, 2.75) is 39.2 Å². The number of amides is 3. The Morgan fingerprint density at radius 2 is 1.84 bits per heavy atom. The first-order valence-corrected chi connectivity index (χ1v) is 10.7. The number of nitrogens with zero attached hydrogens (tertiary/aromatic N) is 3. The monoisotopic (exact) mass is 431 g/mol. The number of hydrogen-bond donors (Lipinski definition) is 0. The maximum absolute atomic E-state index is 13.2. The normalized spacial score (nSPS) is 19.5. The van der Waals surface area contributed by atoms with Crippen LogP contribution >= 0.6 is 0 Å². The van der Waals surface area contributed by atoms with Crippen molar-refractivity contribution in [3.05, 3.63) is 24.3 Å². The molecule has 1 atom stereocenters. The maximum atomic E-state index is 13.2. The second-order valence-electron chi connectivity index (χ2n) is 7.67. The van der Waals surface area contributed by atoms with Gasteiger partial charge in [0.2, 0.25) is 11.8 Å². The molecular weight excluding hydrogens is 402 g/mol. The molecule has 9 nitrogen and oxygen atoms in total. The van der Waals surface area contributed by atoms with E-state index in [0.29, 0.717) is 50.6 Å². The van der Waals surface area contributed by atoms with Gasteiger partial charge < -0.3 is 14.4 Å². The lowest BCUT2D eigenvalue weighted by Gasteiger charge is -2.32. The van der Waals surface area contributed by atoms with E-state index in [2.05, 4.69) is 4.90 Å². The summed E-state index contributed by atoms with van der Waals surface area (Å²) in [5.41, 5.74) is 0.393. The van der Waals surface area contributed by atoms with Gasteiger partial charge in [0, 0.05) is 39.5 Å². The molecule has 9 heteroatoms. The molecule has 2 heterocycles. The van der Waals surface area contributed by atoms with E-state index in [-0.39, 0.29) is 18.2 Å². The van der Waals surface area contributed by atoms with Gasteiger partial charge in [-0.15, -0.1) is 0 Å². The number of ether oxygens (including phenoxy) is 2. The number of imide groups is 1. The molecule has 2 saturated heterocycles. The van der Waals surface area contributed by atoms with Crippen molar-refractivity contribution in [2.75, 3.05) is 44.3 Å². The van der Waals surface area contributed by atoms with E-state index in [1.807, 2.05) is 6.92 Å². The van der Waals surface area contributed by atoms with Crippen LogP contribution in [0.4, 0.5) is 5.69 Å². The minimum absolute atomic E-state index is 0.0386. The quantitative estimate of drug-likeness (QED) is 0.347. The van der Waals surface area contributed by atoms with Crippen LogP contribution in [0.15, 0.2) is 24.3 Å². The van der Waals surface area contributed by atoms with Crippen LogP contribution in [0.3, 0.4) is 0 Å². The molecule has 0 aliphatic carbocycles. The van der Waals surface area contributed by atoms with Crippen molar-refractivity contribution < 1.29 is 28.7 Å². The van der Waals surface area contributed by atoms with Gasteiger partial charge in [0.1, 0.15) is 11.8 Å². The Bertz CT molecular complexity index is 819. The number of rotatable bonds is 8. The highest BCUT2D eigenvalue weighted by Gasteiger charge is 2.44. The van der Waals surface area contributed by atoms with Crippen LogP contribution in [0.5, 0.6) is 5.75 Å². The Labute approximate surface area is 181 Å². The van der Waals surface area contributed by atoms with Gasteiger partial charge in [-0.1, -0.05) is 6.92 Å². The fraction of sp³-hybridized carbons (Fsp3) is 0.545. The largest absolute Gasteiger partial charge is 0.427 e. The predicted octanol–water partition coefficient (Wildman–Crippen LogP) is 1.20. The van der Waals surface area contributed by atoms with Crippen LogP contribution in [-0.2, 0) is 23.9 Å². The highest BCUT2D eigenvalue weighted by Crippen LogP contribution is 2.28. The molecule has 31 heavy (non-hydrogen) atoms. The summed E-state index contributed by atoms with van der Waals surface area (Å²) in [5, 5.41) is 0. The molecule has 2 aliphatic heterocycles. The number of carbonyl (C=O) groups is 4. The van der Waals surface area contributed by atoms with Gasteiger partial charge in [-0.25, -0.2) is 4.90 Å². The van der Waals surface area contributed by atoms with Crippen molar-refractivity contribution in [3.8, 4) is 5.75 Å². The predicted molar refractivity (Wildman–Crippen MR) is 113 cm³/mol. The molecule has 2 aliphatic rings.